The van der Waals surface area contributed by atoms with Gasteiger partial charge in [-0.05, 0) is 35.9 Å². The van der Waals surface area contributed by atoms with Crippen molar-refractivity contribution < 1.29 is 9.53 Å². The van der Waals surface area contributed by atoms with Crippen molar-refractivity contribution in [2.24, 2.45) is 0 Å². The number of hydrogen-bond acceptors (Lipinski definition) is 4. The van der Waals surface area contributed by atoms with E-state index in [1.165, 1.54) is 11.3 Å². The molecule has 0 fully saturated rings. The molecule has 0 aliphatic rings. The summed E-state index contributed by atoms with van der Waals surface area (Å²) in [5.41, 5.74) is 4.34. The predicted octanol–water partition coefficient (Wildman–Crippen LogP) is 4.41. The number of aromatic nitrogens is 1. The van der Waals surface area contributed by atoms with Crippen molar-refractivity contribution >= 4 is 27.5 Å². The summed E-state index contributed by atoms with van der Waals surface area (Å²) in [6, 6.07) is 13.3. The third-order valence-corrected chi connectivity index (χ3v) is 4.53. The van der Waals surface area contributed by atoms with Crippen LogP contribution in [0.15, 0.2) is 48.0 Å². The lowest BCUT2D eigenvalue weighted by molar-refractivity contribution is 0.0951. The van der Waals surface area contributed by atoms with E-state index in [4.69, 9.17) is 4.74 Å². The van der Waals surface area contributed by atoms with Gasteiger partial charge in [0.15, 0.2) is 0 Å². The number of benzene rings is 2. The Kier molecular flexibility index (Phi) is 6.24. The Morgan fingerprint density at radius 3 is 3.04 bits per heavy atom. The average molecular weight is 364 g/mol. The van der Waals surface area contributed by atoms with E-state index in [-0.39, 0.29) is 5.91 Å². The monoisotopic (exact) mass is 364 g/mol. The molecule has 5 heteroatoms. The Hall–Kier alpha value is -2.84. The van der Waals surface area contributed by atoms with Crippen molar-refractivity contribution in [3.8, 4) is 17.6 Å². The SMILES string of the molecule is CCC#CCCOc1cccc(CNC(=O)c2ccc3ncsc3c2)c1. The van der Waals surface area contributed by atoms with Gasteiger partial charge in [0.05, 0.1) is 22.3 Å². The normalized spacial score (nSPS) is 10.2. The van der Waals surface area contributed by atoms with E-state index in [2.05, 4.69) is 22.1 Å². The van der Waals surface area contributed by atoms with E-state index < -0.39 is 0 Å². The van der Waals surface area contributed by atoms with Gasteiger partial charge in [0, 0.05) is 24.9 Å². The minimum atomic E-state index is -0.0959. The number of fused-ring (bicyclic) bond motifs is 1. The zero-order valence-electron chi connectivity index (χ0n) is 14.6. The van der Waals surface area contributed by atoms with Gasteiger partial charge in [-0.1, -0.05) is 25.0 Å². The highest BCUT2D eigenvalue weighted by molar-refractivity contribution is 7.16. The second kappa shape index (κ2) is 9.02. The lowest BCUT2D eigenvalue weighted by atomic mass is 10.2. The molecule has 0 aliphatic heterocycles. The summed E-state index contributed by atoms with van der Waals surface area (Å²) in [6.45, 7) is 3.05. The first-order valence-corrected chi connectivity index (χ1v) is 9.43. The summed E-state index contributed by atoms with van der Waals surface area (Å²) in [7, 11) is 0. The summed E-state index contributed by atoms with van der Waals surface area (Å²) < 4.78 is 6.72. The van der Waals surface area contributed by atoms with Gasteiger partial charge in [-0.2, -0.15) is 0 Å². The third kappa shape index (κ3) is 4.84. The first-order chi connectivity index (χ1) is 12.8. The number of carbonyl (C=O) groups excluding carboxylic acids is 1. The van der Waals surface area contributed by atoms with Crippen LogP contribution in [0.2, 0.25) is 0 Å². The number of thiazole rings is 1. The number of carbonyl (C=O) groups is 1. The second-order valence-corrected chi connectivity index (χ2v) is 6.56. The third-order valence-electron chi connectivity index (χ3n) is 3.74. The molecule has 1 heterocycles. The highest BCUT2D eigenvalue weighted by Crippen LogP contribution is 2.19. The maximum atomic E-state index is 12.4. The largest absolute Gasteiger partial charge is 0.493 e. The van der Waals surface area contributed by atoms with Crippen LogP contribution in [0.1, 0.15) is 35.7 Å². The molecule has 0 saturated heterocycles. The molecule has 0 unspecified atom stereocenters. The van der Waals surface area contributed by atoms with Gasteiger partial charge in [-0.15, -0.1) is 17.3 Å². The van der Waals surface area contributed by atoms with Crippen LogP contribution in [0.25, 0.3) is 10.2 Å². The molecular weight excluding hydrogens is 344 g/mol. The van der Waals surface area contributed by atoms with Crippen LogP contribution in [-0.2, 0) is 6.54 Å². The maximum absolute atomic E-state index is 12.4. The fourth-order valence-corrected chi connectivity index (χ4v) is 3.18. The number of ether oxygens (including phenoxy) is 1. The van der Waals surface area contributed by atoms with Gasteiger partial charge >= 0.3 is 0 Å². The quantitative estimate of drug-likeness (QED) is 0.521. The highest BCUT2D eigenvalue weighted by Gasteiger charge is 2.07. The molecule has 2 aromatic carbocycles. The van der Waals surface area contributed by atoms with Crippen molar-refractivity contribution in [1.82, 2.24) is 10.3 Å². The van der Waals surface area contributed by atoms with Gasteiger partial charge in [-0.25, -0.2) is 4.98 Å². The molecule has 3 aromatic rings. The molecule has 0 bridgehead atoms. The Bertz CT molecular complexity index is 953. The van der Waals surface area contributed by atoms with E-state index in [0.717, 1.165) is 34.4 Å². The van der Waals surface area contributed by atoms with E-state index in [0.29, 0.717) is 18.7 Å². The zero-order chi connectivity index (χ0) is 18.2. The minimum absolute atomic E-state index is 0.0959. The van der Waals surface area contributed by atoms with Crippen LogP contribution in [-0.4, -0.2) is 17.5 Å². The van der Waals surface area contributed by atoms with Gasteiger partial charge in [0.2, 0.25) is 0 Å². The molecule has 1 amide bonds. The molecule has 0 spiro atoms. The molecule has 0 aliphatic carbocycles. The van der Waals surface area contributed by atoms with Crippen molar-refractivity contribution in [2.45, 2.75) is 26.3 Å². The number of nitrogens with zero attached hydrogens (tertiary/aromatic N) is 1. The summed E-state index contributed by atoms with van der Waals surface area (Å²) in [6.07, 6.45) is 1.58. The Morgan fingerprint density at radius 1 is 1.23 bits per heavy atom. The maximum Gasteiger partial charge on any atom is 0.251 e. The summed E-state index contributed by atoms with van der Waals surface area (Å²) in [5, 5.41) is 2.95. The molecule has 0 radical (unpaired) electrons. The van der Waals surface area contributed by atoms with Crippen molar-refractivity contribution in [2.75, 3.05) is 6.61 Å². The molecule has 1 N–H and O–H groups in total. The first-order valence-electron chi connectivity index (χ1n) is 8.55. The minimum Gasteiger partial charge on any atom is -0.493 e. The predicted molar refractivity (Wildman–Crippen MR) is 105 cm³/mol. The number of rotatable bonds is 6. The van der Waals surface area contributed by atoms with Crippen LogP contribution in [0.4, 0.5) is 0 Å². The van der Waals surface area contributed by atoms with Crippen molar-refractivity contribution in [3.05, 3.63) is 59.1 Å². The fourth-order valence-electron chi connectivity index (χ4n) is 2.46. The Morgan fingerprint density at radius 2 is 2.15 bits per heavy atom. The first kappa shape index (κ1) is 18.0. The highest BCUT2D eigenvalue weighted by atomic mass is 32.1. The van der Waals surface area contributed by atoms with Gasteiger partial charge < -0.3 is 10.1 Å². The summed E-state index contributed by atoms with van der Waals surface area (Å²) >= 11 is 1.53. The van der Waals surface area contributed by atoms with Crippen LogP contribution in [0, 0.1) is 11.8 Å². The van der Waals surface area contributed by atoms with Crippen molar-refractivity contribution in [1.29, 1.82) is 0 Å². The lowest BCUT2D eigenvalue weighted by Gasteiger charge is -2.08. The zero-order valence-corrected chi connectivity index (χ0v) is 15.4. The molecule has 4 nitrogen and oxygen atoms in total. The lowest BCUT2D eigenvalue weighted by Crippen LogP contribution is -2.22. The second-order valence-electron chi connectivity index (χ2n) is 5.67. The number of nitrogens with one attached hydrogen (secondary N) is 1. The topological polar surface area (TPSA) is 51.2 Å². The molecule has 0 saturated carbocycles. The molecule has 1 aromatic heterocycles. The van der Waals surface area contributed by atoms with Gasteiger partial charge in [0.25, 0.3) is 5.91 Å². The molecule has 0 atom stereocenters. The summed E-state index contributed by atoms with van der Waals surface area (Å²) in [4.78, 5) is 16.6. The fraction of sp³-hybridized carbons (Fsp3) is 0.238. The Balaban J connectivity index is 1.55. The molecule has 132 valence electrons. The summed E-state index contributed by atoms with van der Waals surface area (Å²) in [5.74, 6) is 6.77. The van der Waals surface area contributed by atoms with E-state index in [1.54, 1.807) is 11.6 Å². The van der Waals surface area contributed by atoms with E-state index in [9.17, 15) is 4.79 Å². The molecular formula is C21H20N2O2S. The molecule has 26 heavy (non-hydrogen) atoms. The standard InChI is InChI=1S/C21H20N2O2S/c1-2-3-4-5-11-25-18-8-6-7-16(12-18)14-22-21(24)17-9-10-19-20(13-17)26-15-23-19/h6-10,12-13,15H,2,5,11,14H2,1H3,(H,22,24). The van der Waals surface area contributed by atoms with Crippen LogP contribution in [0.5, 0.6) is 5.75 Å². The number of hydrogen-bond donors (Lipinski definition) is 1. The average Bonchev–Trinajstić information content (AvgIpc) is 3.14. The van der Waals surface area contributed by atoms with Gasteiger partial charge in [0.1, 0.15) is 5.75 Å². The smallest absolute Gasteiger partial charge is 0.251 e. The van der Waals surface area contributed by atoms with Crippen molar-refractivity contribution in [3.63, 3.8) is 0 Å². The number of amides is 1. The van der Waals surface area contributed by atoms with Crippen LogP contribution in [0.3, 0.4) is 0 Å². The van der Waals surface area contributed by atoms with Crippen LogP contribution >= 0.6 is 11.3 Å². The molecule has 3 rings (SSSR count). The Labute approximate surface area is 157 Å². The van der Waals surface area contributed by atoms with Gasteiger partial charge in [-0.3, -0.25) is 4.79 Å². The van der Waals surface area contributed by atoms with E-state index in [1.807, 2.05) is 43.3 Å². The van der Waals surface area contributed by atoms with E-state index >= 15 is 0 Å². The van der Waals surface area contributed by atoms with Crippen LogP contribution < -0.4 is 10.1 Å².